The van der Waals surface area contributed by atoms with E-state index in [1.54, 1.807) is 24.3 Å². The van der Waals surface area contributed by atoms with Gasteiger partial charge in [0.15, 0.2) is 0 Å². The van der Waals surface area contributed by atoms with Crippen molar-refractivity contribution in [2.45, 2.75) is 37.4 Å². The van der Waals surface area contributed by atoms with Gasteiger partial charge in [0.05, 0.1) is 28.5 Å². The van der Waals surface area contributed by atoms with Crippen LogP contribution in [-0.4, -0.2) is 68.8 Å². The molecule has 18 heteroatoms. The number of hydrogen-bond donors (Lipinski definition) is 5. The SMILES string of the molecule is COC(=O)[C@@H](N)Cc1ccc([N+](=O)[O-])cc1.Cl.N[C@@H](Cc1ccc([N+](=O)[O-])cc1)C(=O)O.N[C@H](CO)Cc1ccc([N+](=O)[O-])cc1. The largest absolute Gasteiger partial charge is 0.480 e. The number of benzene rings is 3. The number of carboxylic acids is 1. The first-order chi connectivity index (χ1) is 21.2. The maximum Gasteiger partial charge on any atom is 0.322 e. The van der Waals surface area contributed by atoms with Crippen LogP contribution in [0.5, 0.6) is 0 Å². The molecule has 46 heavy (non-hydrogen) atoms. The Hall–Kier alpha value is -5.07. The van der Waals surface area contributed by atoms with E-state index in [9.17, 15) is 39.9 Å². The van der Waals surface area contributed by atoms with Crippen molar-refractivity contribution in [2.75, 3.05) is 13.7 Å². The van der Waals surface area contributed by atoms with Crippen molar-refractivity contribution in [3.63, 3.8) is 0 Å². The lowest BCUT2D eigenvalue weighted by Gasteiger charge is -2.08. The molecule has 250 valence electrons. The Labute approximate surface area is 268 Å². The maximum atomic E-state index is 11.0. The fourth-order valence-corrected chi connectivity index (χ4v) is 3.46. The molecule has 0 spiro atoms. The molecule has 0 aromatic heterocycles. The van der Waals surface area contributed by atoms with Gasteiger partial charge in [0.2, 0.25) is 0 Å². The van der Waals surface area contributed by atoms with Crippen LogP contribution < -0.4 is 17.2 Å². The Morgan fingerprint density at radius 1 is 0.674 bits per heavy atom. The molecule has 8 N–H and O–H groups in total. The molecule has 0 fully saturated rings. The molecule has 0 radical (unpaired) electrons. The van der Waals surface area contributed by atoms with Gasteiger partial charge in [-0.2, -0.15) is 0 Å². The zero-order valence-corrected chi connectivity index (χ0v) is 25.4. The van der Waals surface area contributed by atoms with Crippen LogP contribution in [0.1, 0.15) is 16.7 Å². The molecule has 0 heterocycles. The van der Waals surface area contributed by atoms with Gasteiger partial charge in [-0.05, 0) is 36.0 Å². The number of nitrogens with zero attached hydrogens (tertiary/aromatic N) is 3. The number of carbonyl (C=O) groups excluding carboxylic acids is 1. The second-order valence-corrected chi connectivity index (χ2v) is 9.40. The molecule has 0 aliphatic heterocycles. The average molecular weight is 667 g/mol. The van der Waals surface area contributed by atoms with Crippen LogP contribution in [0.4, 0.5) is 17.1 Å². The van der Waals surface area contributed by atoms with E-state index in [1.807, 2.05) is 0 Å². The van der Waals surface area contributed by atoms with Crippen LogP contribution in [0.2, 0.25) is 0 Å². The number of halogens is 1. The van der Waals surface area contributed by atoms with Crippen molar-refractivity contribution < 1.29 is 39.3 Å². The molecule has 0 aliphatic carbocycles. The summed E-state index contributed by atoms with van der Waals surface area (Å²) in [4.78, 5) is 51.1. The van der Waals surface area contributed by atoms with E-state index in [2.05, 4.69) is 4.74 Å². The maximum absolute atomic E-state index is 11.0. The molecule has 0 bridgehead atoms. The summed E-state index contributed by atoms with van der Waals surface area (Å²) in [5, 5.41) is 48.3. The lowest BCUT2D eigenvalue weighted by molar-refractivity contribution is -0.385. The fourth-order valence-electron chi connectivity index (χ4n) is 3.46. The Morgan fingerprint density at radius 3 is 1.24 bits per heavy atom. The highest BCUT2D eigenvalue weighted by atomic mass is 35.5. The van der Waals surface area contributed by atoms with E-state index < -0.39 is 38.8 Å². The number of carboxylic acid groups (broad SMARTS) is 1. The molecular weight excluding hydrogens is 632 g/mol. The number of aliphatic hydroxyl groups is 1. The number of non-ortho nitro benzene ring substituents is 3. The number of hydrogen-bond acceptors (Lipinski definition) is 13. The highest BCUT2D eigenvalue weighted by Gasteiger charge is 2.15. The molecule has 0 saturated heterocycles. The number of ether oxygens (including phenoxy) is 1. The van der Waals surface area contributed by atoms with Gasteiger partial charge in [0.1, 0.15) is 12.1 Å². The summed E-state index contributed by atoms with van der Waals surface area (Å²) in [5.74, 6) is -1.59. The number of aliphatic hydroxyl groups excluding tert-OH is 1. The van der Waals surface area contributed by atoms with Gasteiger partial charge >= 0.3 is 11.9 Å². The quantitative estimate of drug-likeness (QED) is 0.105. The average Bonchev–Trinajstić information content (AvgIpc) is 3.01. The normalized spacial score (nSPS) is 11.8. The predicted molar refractivity (Wildman–Crippen MR) is 168 cm³/mol. The van der Waals surface area contributed by atoms with Crippen molar-refractivity contribution in [1.82, 2.24) is 0 Å². The number of carbonyl (C=O) groups is 2. The molecule has 3 aromatic rings. The first kappa shape index (κ1) is 40.9. The predicted octanol–water partition coefficient (Wildman–Crippen LogP) is 2.07. The molecule has 3 aromatic carbocycles. The minimum absolute atomic E-state index is 0. The molecule has 0 amide bonds. The number of methoxy groups -OCH3 is 1. The Morgan fingerprint density at radius 2 is 0.978 bits per heavy atom. The highest BCUT2D eigenvalue weighted by molar-refractivity contribution is 5.85. The van der Waals surface area contributed by atoms with Crippen LogP contribution in [0.15, 0.2) is 72.8 Å². The van der Waals surface area contributed by atoms with E-state index in [0.29, 0.717) is 18.4 Å². The molecule has 0 unspecified atom stereocenters. The van der Waals surface area contributed by atoms with E-state index in [0.717, 1.165) is 11.1 Å². The lowest BCUT2D eigenvalue weighted by Crippen LogP contribution is -2.33. The minimum Gasteiger partial charge on any atom is -0.480 e. The van der Waals surface area contributed by atoms with Crippen LogP contribution in [-0.2, 0) is 33.6 Å². The summed E-state index contributed by atoms with van der Waals surface area (Å²) >= 11 is 0. The summed E-state index contributed by atoms with van der Waals surface area (Å²) in [6.07, 6.45) is 0.979. The van der Waals surface area contributed by atoms with Gasteiger partial charge in [0, 0.05) is 42.4 Å². The molecular formula is C28H35ClN6O11. The van der Waals surface area contributed by atoms with Gasteiger partial charge in [-0.25, -0.2) is 0 Å². The van der Waals surface area contributed by atoms with Crippen LogP contribution in [0.25, 0.3) is 0 Å². The third-order valence-electron chi connectivity index (χ3n) is 5.91. The van der Waals surface area contributed by atoms with Gasteiger partial charge in [-0.1, -0.05) is 36.4 Å². The van der Waals surface area contributed by atoms with E-state index in [-0.39, 0.29) is 48.5 Å². The summed E-state index contributed by atoms with van der Waals surface area (Å²) in [7, 11) is 1.26. The Bertz CT molecular complexity index is 1430. The third kappa shape index (κ3) is 15.1. The van der Waals surface area contributed by atoms with Crippen LogP contribution in [0.3, 0.4) is 0 Å². The van der Waals surface area contributed by atoms with Gasteiger partial charge in [-0.3, -0.25) is 39.9 Å². The molecule has 0 saturated carbocycles. The summed E-state index contributed by atoms with van der Waals surface area (Å²) in [6, 6.07) is 15.7. The van der Waals surface area contributed by atoms with Gasteiger partial charge < -0.3 is 32.2 Å². The number of nitro benzene ring substituents is 3. The summed E-state index contributed by atoms with van der Waals surface area (Å²) in [5.41, 5.74) is 18.7. The number of aliphatic carboxylic acids is 1. The van der Waals surface area contributed by atoms with Gasteiger partial charge in [0.25, 0.3) is 17.1 Å². The lowest BCUT2D eigenvalue weighted by atomic mass is 10.1. The molecule has 3 rings (SSSR count). The topological polar surface area (TPSA) is 291 Å². The smallest absolute Gasteiger partial charge is 0.322 e. The number of nitrogens with two attached hydrogens (primary N) is 3. The fraction of sp³-hybridized carbons (Fsp3) is 0.286. The van der Waals surface area contributed by atoms with Crippen molar-refractivity contribution in [2.24, 2.45) is 17.2 Å². The van der Waals surface area contributed by atoms with Crippen LogP contribution >= 0.6 is 12.4 Å². The zero-order valence-electron chi connectivity index (χ0n) is 24.5. The first-order valence-corrected chi connectivity index (χ1v) is 13.1. The molecule has 17 nitrogen and oxygen atoms in total. The van der Waals surface area contributed by atoms with Gasteiger partial charge in [-0.15, -0.1) is 12.4 Å². The first-order valence-electron chi connectivity index (χ1n) is 13.1. The number of esters is 1. The second kappa shape index (κ2) is 20.8. The van der Waals surface area contributed by atoms with Crippen LogP contribution in [0, 0.1) is 30.3 Å². The Kier molecular flexibility index (Phi) is 18.5. The monoisotopic (exact) mass is 666 g/mol. The van der Waals surface area contributed by atoms with E-state index in [1.165, 1.54) is 55.6 Å². The third-order valence-corrected chi connectivity index (χ3v) is 5.91. The highest BCUT2D eigenvalue weighted by Crippen LogP contribution is 2.15. The molecule has 0 aliphatic rings. The standard InChI is InChI=1S/C10H12N2O4.C9H10N2O4.C9H12N2O3.ClH/c1-16-10(13)9(11)6-7-2-4-8(5-3-7)12(14)15;10-8(9(12)13)5-6-1-3-7(4-2-6)11(14)15;10-8(6-12)5-7-1-3-9(4-2-7)11(13)14;/h2-5,9H,6,11H2,1H3;1-4,8H,5,10H2,(H,12,13);1-4,8,12H,5-6,10H2;1H/t9-;2*8-;/m000./s1. The van der Waals surface area contributed by atoms with Crippen molar-refractivity contribution >= 4 is 41.4 Å². The summed E-state index contributed by atoms with van der Waals surface area (Å²) < 4.78 is 4.47. The van der Waals surface area contributed by atoms with E-state index >= 15 is 0 Å². The van der Waals surface area contributed by atoms with Crippen molar-refractivity contribution in [3.05, 3.63) is 120 Å². The van der Waals surface area contributed by atoms with E-state index in [4.69, 9.17) is 27.4 Å². The number of nitro groups is 3. The zero-order chi connectivity index (χ0) is 34.1. The van der Waals surface area contributed by atoms with Crippen molar-refractivity contribution in [3.8, 4) is 0 Å². The van der Waals surface area contributed by atoms with Crippen molar-refractivity contribution in [1.29, 1.82) is 0 Å². The molecule has 3 atom stereocenters. The Balaban J connectivity index is 0.000000655. The number of rotatable bonds is 12. The summed E-state index contributed by atoms with van der Waals surface area (Å²) in [6.45, 7) is -0.0863. The minimum atomic E-state index is -1.09. The second-order valence-electron chi connectivity index (χ2n) is 9.40.